The van der Waals surface area contributed by atoms with E-state index in [1.54, 1.807) is 6.07 Å². The largest absolute Gasteiger partial charge is 0.462 e. The van der Waals surface area contributed by atoms with Gasteiger partial charge in [0.2, 0.25) is 0 Å². The molecule has 1 aromatic heterocycles. The number of benzene rings is 1. The Hall–Kier alpha value is -1.59. The lowest BCUT2D eigenvalue weighted by atomic mass is 10.1. The quantitative estimate of drug-likeness (QED) is 0.627. The van der Waals surface area contributed by atoms with Crippen molar-refractivity contribution in [3.05, 3.63) is 35.5 Å². The fourth-order valence-electron chi connectivity index (χ4n) is 2.09. The predicted octanol–water partition coefficient (Wildman–Crippen LogP) is 4.87. The molecule has 2 rings (SSSR count). The molecular weight excluding hydrogens is 306 g/mol. The molecule has 2 aromatic rings. The average molecular weight is 334 g/mol. The molecule has 23 heavy (non-hydrogen) atoms. The molecule has 0 spiro atoms. The summed E-state index contributed by atoms with van der Waals surface area (Å²) in [6, 6.07) is 7.61. The number of hydrogen-bond acceptors (Lipinski definition) is 3. The number of carbonyl (C=O) groups excluding carboxylic acids is 1. The number of H-pyrrole nitrogens is 1. The third-order valence-electron chi connectivity index (χ3n) is 4.58. The summed E-state index contributed by atoms with van der Waals surface area (Å²) < 4.78 is 11.3. The van der Waals surface area contributed by atoms with Crippen LogP contribution in [0, 0.1) is 0 Å². The molecule has 1 heterocycles. The van der Waals surface area contributed by atoms with Crippen LogP contribution in [0.15, 0.2) is 24.3 Å². The van der Waals surface area contributed by atoms with Crippen LogP contribution in [0.2, 0.25) is 18.1 Å². The van der Waals surface area contributed by atoms with Gasteiger partial charge in [0.05, 0.1) is 18.8 Å². The zero-order valence-corrected chi connectivity index (χ0v) is 15.9. The van der Waals surface area contributed by atoms with Crippen molar-refractivity contribution in [3.8, 4) is 0 Å². The van der Waals surface area contributed by atoms with Crippen molar-refractivity contribution in [3.63, 3.8) is 0 Å². The molecule has 0 unspecified atom stereocenters. The molecule has 0 saturated carbocycles. The van der Waals surface area contributed by atoms with Crippen molar-refractivity contribution in [1.82, 2.24) is 4.98 Å². The maximum absolute atomic E-state index is 11.8. The van der Waals surface area contributed by atoms with E-state index in [9.17, 15) is 4.79 Å². The lowest BCUT2D eigenvalue weighted by Crippen LogP contribution is -2.40. The summed E-state index contributed by atoms with van der Waals surface area (Å²) in [6.07, 6.45) is 0. The monoisotopic (exact) mass is 333 g/mol. The minimum absolute atomic E-state index is 0.191. The lowest BCUT2D eigenvalue weighted by molar-refractivity contribution is 0.0526. The van der Waals surface area contributed by atoms with E-state index in [1.807, 2.05) is 25.1 Å². The van der Waals surface area contributed by atoms with Crippen molar-refractivity contribution in [1.29, 1.82) is 0 Å². The number of nitrogens with one attached hydrogen (secondary N) is 1. The first-order valence-electron chi connectivity index (χ1n) is 8.07. The van der Waals surface area contributed by atoms with Crippen molar-refractivity contribution in [2.24, 2.45) is 0 Å². The van der Waals surface area contributed by atoms with Crippen LogP contribution in [0.1, 0.15) is 43.7 Å². The van der Waals surface area contributed by atoms with Crippen LogP contribution in [-0.2, 0) is 15.8 Å². The average Bonchev–Trinajstić information content (AvgIpc) is 2.86. The topological polar surface area (TPSA) is 51.3 Å². The summed E-state index contributed by atoms with van der Waals surface area (Å²) in [7, 11) is -1.77. The van der Waals surface area contributed by atoms with Gasteiger partial charge in [-0.3, -0.25) is 0 Å². The highest BCUT2D eigenvalue weighted by Gasteiger charge is 2.37. The van der Waals surface area contributed by atoms with E-state index in [4.69, 9.17) is 9.16 Å². The van der Waals surface area contributed by atoms with Gasteiger partial charge in [-0.2, -0.15) is 0 Å². The van der Waals surface area contributed by atoms with Gasteiger partial charge in [-0.15, -0.1) is 0 Å². The summed E-state index contributed by atoms with van der Waals surface area (Å²) in [4.78, 5) is 15.2. The third-order valence-corrected chi connectivity index (χ3v) is 9.06. The Morgan fingerprint density at radius 3 is 2.52 bits per heavy atom. The van der Waals surface area contributed by atoms with E-state index < -0.39 is 8.32 Å². The molecule has 0 aliphatic carbocycles. The Bertz CT molecular complexity index is 698. The van der Waals surface area contributed by atoms with E-state index >= 15 is 0 Å². The SMILES string of the molecule is CCOC(=O)c1ccc2[nH]c(CO[Si](C)(C)C(C)(C)C)cc2c1. The summed E-state index contributed by atoms with van der Waals surface area (Å²) >= 11 is 0. The number of ether oxygens (including phenoxy) is 1. The van der Waals surface area contributed by atoms with Crippen LogP contribution < -0.4 is 0 Å². The molecule has 5 heteroatoms. The molecule has 0 saturated heterocycles. The van der Waals surface area contributed by atoms with Gasteiger partial charge in [0.1, 0.15) is 0 Å². The summed E-state index contributed by atoms with van der Waals surface area (Å²) in [5.74, 6) is -0.283. The molecule has 0 radical (unpaired) electrons. The Morgan fingerprint density at radius 2 is 1.91 bits per heavy atom. The molecule has 0 bridgehead atoms. The number of fused-ring (bicyclic) bond motifs is 1. The molecule has 0 fully saturated rings. The first-order valence-corrected chi connectivity index (χ1v) is 11.0. The number of carbonyl (C=O) groups is 1. The third kappa shape index (κ3) is 4.03. The van der Waals surface area contributed by atoms with Gasteiger partial charge in [0.15, 0.2) is 8.32 Å². The zero-order chi connectivity index (χ0) is 17.3. The molecule has 126 valence electrons. The van der Waals surface area contributed by atoms with Crippen LogP contribution in [0.5, 0.6) is 0 Å². The van der Waals surface area contributed by atoms with Gasteiger partial charge in [-0.25, -0.2) is 4.79 Å². The molecular formula is C18H27NO3Si. The predicted molar refractivity (Wildman–Crippen MR) is 96.2 cm³/mol. The van der Waals surface area contributed by atoms with Gasteiger partial charge in [-0.05, 0) is 49.3 Å². The lowest BCUT2D eigenvalue weighted by Gasteiger charge is -2.36. The summed E-state index contributed by atoms with van der Waals surface area (Å²) in [5.41, 5.74) is 2.62. The highest BCUT2D eigenvalue weighted by molar-refractivity contribution is 6.74. The standard InChI is InChI=1S/C18H27NO3Si/c1-7-21-17(20)13-8-9-16-14(10-13)11-15(19-16)12-22-23(5,6)18(2,3)4/h8-11,19H,7,12H2,1-6H3. The van der Waals surface area contributed by atoms with Crippen LogP contribution in [0.4, 0.5) is 0 Å². The minimum Gasteiger partial charge on any atom is -0.462 e. The normalized spacial score (nSPS) is 12.6. The van der Waals surface area contributed by atoms with Crippen LogP contribution in [0.25, 0.3) is 10.9 Å². The first-order chi connectivity index (χ1) is 10.6. The number of hydrogen-bond donors (Lipinski definition) is 1. The molecule has 4 nitrogen and oxygen atoms in total. The van der Waals surface area contributed by atoms with Crippen molar-refractivity contribution in [2.45, 2.75) is 52.4 Å². The van der Waals surface area contributed by atoms with Gasteiger partial charge in [0.25, 0.3) is 0 Å². The molecule has 0 aliphatic heterocycles. The highest BCUT2D eigenvalue weighted by Crippen LogP contribution is 2.37. The smallest absolute Gasteiger partial charge is 0.338 e. The molecule has 0 atom stereocenters. The second-order valence-electron chi connectivity index (χ2n) is 7.37. The maximum atomic E-state index is 11.8. The number of esters is 1. The Labute approximate surface area is 139 Å². The van der Waals surface area contributed by atoms with E-state index in [1.165, 1.54) is 0 Å². The summed E-state index contributed by atoms with van der Waals surface area (Å²) in [5, 5.41) is 1.19. The van der Waals surface area contributed by atoms with E-state index in [2.05, 4.69) is 38.8 Å². The molecule has 0 aliphatic rings. The van der Waals surface area contributed by atoms with Crippen molar-refractivity contribution in [2.75, 3.05) is 6.61 Å². The van der Waals surface area contributed by atoms with Crippen molar-refractivity contribution >= 4 is 25.2 Å². The molecule has 1 aromatic carbocycles. The minimum atomic E-state index is -1.77. The Morgan fingerprint density at radius 1 is 1.22 bits per heavy atom. The Balaban J connectivity index is 2.16. The molecule has 0 amide bonds. The number of rotatable bonds is 5. The van der Waals surface area contributed by atoms with Crippen molar-refractivity contribution < 1.29 is 14.0 Å². The second kappa shape index (κ2) is 6.49. The second-order valence-corrected chi connectivity index (χ2v) is 12.2. The van der Waals surface area contributed by atoms with Crippen LogP contribution in [0.3, 0.4) is 0 Å². The fraction of sp³-hybridized carbons (Fsp3) is 0.500. The van der Waals surface area contributed by atoms with Crippen LogP contribution >= 0.6 is 0 Å². The number of aromatic amines is 1. The van der Waals surface area contributed by atoms with E-state index in [0.29, 0.717) is 18.8 Å². The van der Waals surface area contributed by atoms with E-state index in [0.717, 1.165) is 16.6 Å². The summed E-state index contributed by atoms with van der Waals surface area (Å²) in [6.45, 7) is 13.9. The van der Waals surface area contributed by atoms with Gasteiger partial charge in [0, 0.05) is 16.6 Å². The maximum Gasteiger partial charge on any atom is 0.338 e. The van der Waals surface area contributed by atoms with Gasteiger partial charge in [-0.1, -0.05) is 20.8 Å². The first kappa shape index (κ1) is 17.8. The molecule has 1 N–H and O–H groups in total. The van der Waals surface area contributed by atoms with Gasteiger partial charge >= 0.3 is 5.97 Å². The fourth-order valence-corrected chi connectivity index (χ4v) is 3.04. The van der Waals surface area contributed by atoms with E-state index in [-0.39, 0.29) is 11.0 Å². The zero-order valence-electron chi connectivity index (χ0n) is 14.9. The van der Waals surface area contributed by atoms with Gasteiger partial charge < -0.3 is 14.1 Å². The number of aromatic nitrogens is 1. The highest BCUT2D eigenvalue weighted by atomic mass is 28.4. The Kier molecular flexibility index (Phi) is 5.01. The van der Waals surface area contributed by atoms with Crippen LogP contribution in [-0.4, -0.2) is 25.9 Å².